The molecule has 0 saturated carbocycles. The first-order valence-electron chi connectivity index (χ1n) is 6.51. The van der Waals surface area contributed by atoms with Crippen molar-refractivity contribution in [1.29, 1.82) is 0 Å². The summed E-state index contributed by atoms with van der Waals surface area (Å²) in [5.74, 6) is -0.379. The van der Waals surface area contributed by atoms with Crippen LogP contribution in [0.25, 0.3) is 0 Å². The maximum Gasteiger partial charge on any atom is 0.252 e. The van der Waals surface area contributed by atoms with Gasteiger partial charge in [0.25, 0.3) is 5.91 Å². The molecule has 0 heterocycles. The average molecular weight is 359 g/mol. The summed E-state index contributed by atoms with van der Waals surface area (Å²) in [6.45, 7) is 1.65. The Kier molecular flexibility index (Phi) is 5.35. The van der Waals surface area contributed by atoms with Crippen LogP contribution >= 0.6 is 34.8 Å². The summed E-state index contributed by atoms with van der Waals surface area (Å²) in [6, 6.07) is 11.4. The van der Waals surface area contributed by atoms with Crippen molar-refractivity contribution in [2.45, 2.75) is 12.5 Å². The van der Waals surface area contributed by atoms with Crippen molar-refractivity contribution in [3.63, 3.8) is 0 Å². The van der Waals surface area contributed by atoms with Crippen molar-refractivity contribution in [3.05, 3.63) is 68.7 Å². The van der Waals surface area contributed by atoms with Gasteiger partial charge in [0.1, 0.15) is 5.60 Å². The van der Waals surface area contributed by atoms with E-state index in [9.17, 15) is 9.90 Å². The molecule has 2 rings (SSSR count). The standard InChI is InChI=1S/C16H14Cl3NO2/c1-16(22,10-2-4-11(17)5-3-10)9-20-15(21)13-7-6-12(18)8-14(13)19/h2-8,22H,9H2,1H3,(H,20,21). The highest BCUT2D eigenvalue weighted by atomic mass is 35.5. The molecule has 0 aliphatic carbocycles. The zero-order chi connectivity index (χ0) is 16.3. The van der Waals surface area contributed by atoms with Crippen LogP contribution < -0.4 is 5.32 Å². The van der Waals surface area contributed by atoms with E-state index in [2.05, 4.69) is 5.32 Å². The molecule has 0 fully saturated rings. The molecule has 0 saturated heterocycles. The normalized spacial score (nSPS) is 13.5. The lowest BCUT2D eigenvalue weighted by Gasteiger charge is -2.24. The molecule has 0 aliphatic heterocycles. The van der Waals surface area contributed by atoms with E-state index < -0.39 is 5.60 Å². The predicted molar refractivity (Wildman–Crippen MR) is 89.8 cm³/mol. The molecule has 2 N–H and O–H groups in total. The Balaban J connectivity index is 2.08. The second-order valence-corrected chi connectivity index (χ2v) is 6.37. The van der Waals surface area contributed by atoms with E-state index in [0.717, 1.165) is 0 Å². The Bertz CT molecular complexity index is 684. The highest BCUT2D eigenvalue weighted by molar-refractivity contribution is 6.36. The van der Waals surface area contributed by atoms with Gasteiger partial charge in [-0.25, -0.2) is 0 Å². The van der Waals surface area contributed by atoms with Crippen LogP contribution in [0.3, 0.4) is 0 Å². The molecule has 1 unspecified atom stereocenters. The first-order valence-corrected chi connectivity index (χ1v) is 7.65. The van der Waals surface area contributed by atoms with Gasteiger partial charge >= 0.3 is 0 Å². The zero-order valence-electron chi connectivity index (χ0n) is 11.7. The molecule has 2 aromatic carbocycles. The summed E-state index contributed by atoms with van der Waals surface area (Å²) < 4.78 is 0. The fourth-order valence-corrected chi connectivity index (χ4v) is 2.55. The molecule has 0 aliphatic rings. The number of hydrogen-bond donors (Lipinski definition) is 2. The number of amides is 1. The number of carbonyl (C=O) groups is 1. The molecule has 0 aromatic heterocycles. The molecule has 1 atom stereocenters. The van der Waals surface area contributed by atoms with E-state index in [1.54, 1.807) is 37.3 Å². The number of carbonyl (C=O) groups excluding carboxylic acids is 1. The second-order valence-electron chi connectivity index (χ2n) is 5.09. The third kappa shape index (κ3) is 4.14. The van der Waals surface area contributed by atoms with E-state index >= 15 is 0 Å². The van der Waals surface area contributed by atoms with E-state index in [1.807, 2.05) is 0 Å². The molecule has 6 heteroatoms. The summed E-state index contributed by atoms with van der Waals surface area (Å²) in [6.07, 6.45) is 0. The van der Waals surface area contributed by atoms with Gasteiger partial charge in [-0.1, -0.05) is 46.9 Å². The van der Waals surface area contributed by atoms with Crippen molar-refractivity contribution < 1.29 is 9.90 Å². The topological polar surface area (TPSA) is 49.3 Å². The second kappa shape index (κ2) is 6.88. The van der Waals surface area contributed by atoms with E-state index in [0.29, 0.717) is 21.2 Å². The monoisotopic (exact) mass is 357 g/mol. The molecule has 22 heavy (non-hydrogen) atoms. The summed E-state index contributed by atoms with van der Waals surface area (Å²) in [5.41, 5.74) is -0.267. The first-order chi connectivity index (χ1) is 10.3. The van der Waals surface area contributed by atoms with Gasteiger partial charge in [0.15, 0.2) is 0 Å². The molecule has 2 aromatic rings. The summed E-state index contributed by atoms with van der Waals surface area (Å²) in [5, 5.41) is 14.4. The van der Waals surface area contributed by atoms with Crippen molar-refractivity contribution in [3.8, 4) is 0 Å². The Morgan fingerprint density at radius 3 is 2.27 bits per heavy atom. The smallest absolute Gasteiger partial charge is 0.252 e. The Morgan fingerprint density at radius 2 is 1.68 bits per heavy atom. The largest absolute Gasteiger partial charge is 0.384 e. The van der Waals surface area contributed by atoms with Gasteiger partial charge in [-0.05, 0) is 42.8 Å². The number of rotatable bonds is 4. The Morgan fingerprint density at radius 1 is 1.09 bits per heavy atom. The summed E-state index contributed by atoms with van der Waals surface area (Å²) in [7, 11) is 0. The van der Waals surface area contributed by atoms with Crippen molar-refractivity contribution in [2.75, 3.05) is 6.54 Å². The zero-order valence-corrected chi connectivity index (χ0v) is 14.0. The van der Waals surface area contributed by atoms with Crippen LogP contribution in [0, 0.1) is 0 Å². The summed E-state index contributed by atoms with van der Waals surface area (Å²) in [4.78, 5) is 12.1. The van der Waals surface area contributed by atoms with Crippen molar-refractivity contribution >= 4 is 40.7 Å². The predicted octanol–water partition coefficient (Wildman–Crippen LogP) is 4.28. The van der Waals surface area contributed by atoms with Crippen LogP contribution in [0.1, 0.15) is 22.8 Å². The Hall–Kier alpha value is -1.26. The number of aliphatic hydroxyl groups is 1. The molecular formula is C16H14Cl3NO2. The lowest BCUT2D eigenvalue weighted by molar-refractivity contribution is 0.0526. The molecular weight excluding hydrogens is 345 g/mol. The first kappa shape index (κ1) is 17.1. The number of benzene rings is 2. The van der Waals surface area contributed by atoms with Crippen molar-refractivity contribution in [2.24, 2.45) is 0 Å². The van der Waals surface area contributed by atoms with Gasteiger partial charge in [-0.15, -0.1) is 0 Å². The minimum absolute atomic E-state index is 0.0341. The number of hydrogen-bond acceptors (Lipinski definition) is 2. The molecule has 0 spiro atoms. The van der Waals surface area contributed by atoms with Crippen LogP contribution in [-0.2, 0) is 5.60 Å². The van der Waals surface area contributed by atoms with Crippen LogP contribution in [0.15, 0.2) is 42.5 Å². The maximum atomic E-state index is 12.1. The number of nitrogens with one attached hydrogen (secondary N) is 1. The molecule has 1 amide bonds. The maximum absolute atomic E-state index is 12.1. The summed E-state index contributed by atoms with van der Waals surface area (Å²) >= 11 is 17.6. The van der Waals surface area contributed by atoms with Gasteiger partial charge in [-0.2, -0.15) is 0 Å². The average Bonchev–Trinajstić information content (AvgIpc) is 2.45. The molecule has 116 valence electrons. The van der Waals surface area contributed by atoms with Crippen molar-refractivity contribution in [1.82, 2.24) is 5.32 Å². The lowest BCUT2D eigenvalue weighted by Crippen LogP contribution is -2.38. The van der Waals surface area contributed by atoms with Crippen LogP contribution in [-0.4, -0.2) is 17.6 Å². The molecule has 0 bridgehead atoms. The van der Waals surface area contributed by atoms with Crippen LogP contribution in [0.2, 0.25) is 15.1 Å². The highest BCUT2D eigenvalue weighted by Gasteiger charge is 2.24. The molecule has 3 nitrogen and oxygen atoms in total. The minimum Gasteiger partial charge on any atom is -0.384 e. The number of halogens is 3. The third-order valence-corrected chi connectivity index (χ3v) is 4.03. The Labute approximate surface area is 143 Å². The van der Waals surface area contributed by atoms with Crippen LogP contribution in [0.4, 0.5) is 0 Å². The minimum atomic E-state index is -1.22. The third-order valence-electron chi connectivity index (χ3n) is 3.24. The SMILES string of the molecule is CC(O)(CNC(=O)c1ccc(Cl)cc1Cl)c1ccc(Cl)cc1. The van der Waals surface area contributed by atoms with Gasteiger partial charge in [0.05, 0.1) is 17.1 Å². The van der Waals surface area contributed by atoms with Gasteiger partial charge in [-0.3, -0.25) is 4.79 Å². The fraction of sp³-hybridized carbons (Fsp3) is 0.188. The van der Waals surface area contributed by atoms with E-state index in [4.69, 9.17) is 34.8 Å². The van der Waals surface area contributed by atoms with E-state index in [-0.39, 0.29) is 17.5 Å². The quantitative estimate of drug-likeness (QED) is 0.857. The van der Waals surface area contributed by atoms with E-state index in [1.165, 1.54) is 12.1 Å². The fourth-order valence-electron chi connectivity index (χ4n) is 1.93. The lowest BCUT2D eigenvalue weighted by atomic mass is 9.96. The highest BCUT2D eigenvalue weighted by Crippen LogP contribution is 2.23. The molecule has 0 radical (unpaired) electrons. The van der Waals surface area contributed by atoms with Gasteiger partial charge in [0.2, 0.25) is 0 Å². The van der Waals surface area contributed by atoms with Gasteiger partial charge in [0, 0.05) is 10.0 Å². The van der Waals surface area contributed by atoms with Crippen LogP contribution in [0.5, 0.6) is 0 Å². The van der Waals surface area contributed by atoms with Gasteiger partial charge < -0.3 is 10.4 Å².